The van der Waals surface area contributed by atoms with Gasteiger partial charge in [-0.25, -0.2) is 0 Å². The minimum absolute atomic E-state index is 0.00658. The lowest BCUT2D eigenvalue weighted by Crippen LogP contribution is -2.29. The number of anilines is 1. The number of amides is 1. The van der Waals surface area contributed by atoms with Crippen molar-refractivity contribution in [3.05, 3.63) is 98.5 Å². The van der Waals surface area contributed by atoms with Gasteiger partial charge in [-0.05, 0) is 42.8 Å². The van der Waals surface area contributed by atoms with E-state index in [2.05, 4.69) is 27.7 Å². The fourth-order valence-corrected chi connectivity index (χ4v) is 4.25. The molecule has 2 aromatic carbocycles. The number of hydrogen-bond donors (Lipinski definition) is 0. The van der Waals surface area contributed by atoms with Crippen molar-refractivity contribution in [2.24, 2.45) is 0 Å². The number of benzene rings is 2. The molecule has 5 rings (SSSR count). The van der Waals surface area contributed by atoms with Gasteiger partial charge >= 0.3 is 0 Å². The first-order chi connectivity index (χ1) is 15.5. The van der Waals surface area contributed by atoms with Crippen molar-refractivity contribution in [2.75, 3.05) is 11.5 Å². The Kier molecular flexibility index (Phi) is 4.94. The van der Waals surface area contributed by atoms with Crippen LogP contribution < -0.4 is 15.1 Å². The molecule has 3 heterocycles. The molecule has 0 saturated carbocycles. The first-order valence-corrected chi connectivity index (χ1v) is 10.6. The zero-order chi connectivity index (χ0) is 22.4. The number of ether oxygens (including phenoxy) is 1. The third kappa shape index (κ3) is 3.23. The van der Waals surface area contributed by atoms with E-state index in [-0.39, 0.29) is 16.8 Å². The van der Waals surface area contributed by atoms with E-state index in [1.165, 1.54) is 4.90 Å². The average molecular weight is 493 g/mol. The standard InChI is InChI=1S/C24H17BrN2O5/c1-3-9-30-16-6-4-5-14(11-16)21-20-22(28)17-12-15(25)7-8-18(17)31-23(20)24(29)27(21)19-10-13(2)32-26-19/h3-8,10-12,21H,1,9H2,2H3/t21-/m0/s1. The van der Waals surface area contributed by atoms with Crippen molar-refractivity contribution < 1.29 is 18.5 Å². The largest absolute Gasteiger partial charge is 0.490 e. The van der Waals surface area contributed by atoms with Crippen molar-refractivity contribution >= 4 is 38.6 Å². The van der Waals surface area contributed by atoms with Gasteiger partial charge in [-0.1, -0.05) is 45.9 Å². The van der Waals surface area contributed by atoms with Crippen molar-refractivity contribution in [2.45, 2.75) is 13.0 Å². The second kappa shape index (κ2) is 7.80. The van der Waals surface area contributed by atoms with Crippen LogP contribution in [0.15, 0.2) is 79.4 Å². The van der Waals surface area contributed by atoms with Crippen LogP contribution in [0.2, 0.25) is 0 Å². The monoisotopic (exact) mass is 492 g/mol. The second-order valence-electron chi connectivity index (χ2n) is 7.36. The summed E-state index contributed by atoms with van der Waals surface area (Å²) < 4.78 is 17.6. The molecule has 0 N–H and O–H groups in total. The summed E-state index contributed by atoms with van der Waals surface area (Å²) in [6, 6.07) is 13.2. The summed E-state index contributed by atoms with van der Waals surface area (Å²) in [5.41, 5.74) is 0.995. The topological polar surface area (TPSA) is 85.8 Å². The molecule has 1 aliphatic rings. The summed E-state index contributed by atoms with van der Waals surface area (Å²) in [6.45, 7) is 5.73. The lowest BCUT2D eigenvalue weighted by Gasteiger charge is -2.22. The molecular formula is C24H17BrN2O5. The van der Waals surface area contributed by atoms with Gasteiger partial charge in [0.25, 0.3) is 5.91 Å². The minimum Gasteiger partial charge on any atom is -0.490 e. The van der Waals surface area contributed by atoms with E-state index < -0.39 is 11.9 Å². The molecule has 0 radical (unpaired) electrons. The Morgan fingerprint density at radius 2 is 2.06 bits per heavy atom. The summed E-state index contributed by atoms with van der Waals surface area (Å²) in [5, 5.41) is 4.41. The maximum atomic E-state index is 13.6. The predicted octanol–water partition coefficient (Wildman–Crippen LogP) is 5.17. The molecule has 7 nitrogen and oxygen atoms in total. The zero-order valence-corrected chi connectivity index (χ0v) is 18.6. The molecule has 0 spiro atoms. The summed E-state index contributed by atoms with van der Waals surface area (Å²) in [7, 11) is 0. The predicted molar refractivity (Wildman–Crippen MR) is 122 cm³/mol. The summed E-state index contributed by atoms with van der Waals surface area (Å²) in [4.78, 5) is 28.5. The first kappa shape index (κ1) is 20.3. The van der Waals surface area contributed by atoms with Crippen LogP contribution in [-0.2, 0) is 0 Å². The summed E-state index contributed by atoms with van der Waals surface area (Å²) in [5.74, 6) is 0.961. The highest BCUT2D eigenvalue weighted by molar-refractivity contribution is 9.10. The average Bonchev–Trinajstić information content (AvgIpc) is 3.34. The number of carbonyl (C=O) groups excluding carboxylic acids is 1. The van der Waals surface area contributed by atoms with Crippen LogP contribution in [0.3, 0.4) is 0 Å². The number of hydrogen-bond acceptors (Lipinski definition) is 6. The third-order valence-corrected chi connectivity index (χ3v) is 5.73. The Balaban J connectivity index is 1.77. The quantitative estimate of drug-likeness (QED) is 0.357. The van der Waals surface area contributed by atoms with Gasteiger partial charge in [0.1, 0.15) is 23.7 Å². The molecule has 0 bridgehead atoms. The third-order valence-electron chi connectivity index (χ3n) is 5.24. The molecule has 160 valence electrons. The van der Waals surface area contributed by atoms with Gasteiger partial charge < -0.3 is 13.7 Å². The van der Waals surface area contributed by atoms with Crippen LogP contribution in [0, 0.1) is 6.92 Å². The summed E-state index contributed by atoms with van der Waals surface area (Å²) >= 11 is 3.40. The molecule has 0 saturated heterocycles. The van der Waals surface area contributed by atoms with E-state index in [0.29, 0.717) is 40.5 Å². The van der Waals surface area contributed by atoms with E-state index in [0.717, 1.165) is 4.47 Å². The molecule has 0 unspecified atom stereocenters. The minimum atomic E-state index is -0.756. The molecule has 2 aromatic heterocycles. The molecule has 4 aromatic rings. The van der Waals surface area contributed by atoms with Crippen LogP contribution in [0.25, 0.3) is 11.0 Å². The normalized spacial score (nSPS) is 15.2. The number of rotatable bonds is 5. The molecule has 32 heavy (non-hydrogen) atoms. The van der Waals surface area contributed by atoms with E-state index in [9.17, 15) is 9.59 Å². The lowest BCUT2D eigenvalue weighted by molar-refractivity contribution is 0.0969. The number of fused-ring (bicyclic) bond motifs is 2. The van der Waals surface area contributed by atoms with Crippen LogP contribution in [0.5, 0.6) is 5.75 Å². The van der Waals surface area contributed by atoms with E-state index in [1.807, 2.05) is 12.1 Å². The fourth-order valence-electron chi connectivity index (χ4n) is 3.89. The van der Waals surface area contributed by atoms with E-state index in [1.54, 1.807) is 49.4 Å². The first-order valence-electron chi connectivity index (χ1n) is 9.84. The Hall–Kier alpha value is -3.65. The van der Waals surface area contributed by atoms with Crippen molar-refractivity contribution in [3.63, 3.8) is 0 Å². The molecule has 0 fully saturated rings. The second-order valence-corrected chi connectivity index (χ2v) is 8.28. The van der Waals surface area contributed by atoms with Gasteiger partial charge in [-0.3, -0.25) is 14.5 Å². The number of carbonyl (C=O) groups is 1. The Morgan fingerprint density at radius 1 is 1.22 bits per heavy atom. The van der Waals surface area contributed by atoms with Gasteiger partial charge in [0.2, 0.25) is 5.76 Å². The molecule has 1 amide bonds. The van der Waals surface area contributed by atoms with Crippen molar-refractivity contribution in [3.8, 4) is 5.75 Å². The highest BCUT2D eigenvalue weighted by atomic mass is 79.9. The molecule has 8 heteroatoms. The van der Waals surface area contributed by atoms with E-state index >= 15 is 0 Å². The zero-order valence-electron chi connectivity index (χ0n) is 17.0. The van der Waals surface area contributed by atoms with Gasteiger partial charge in [0.15, 0.2) is 11.2 Å². The Labute approximate surface area is 191 Å². The van der Waals surface area contributed by atoms with Crippen LogP contribution in [-0.4, -0.2) is 17.7 Å². The number of aryl methyl sites for hydroxylation is 1. The number of halogens is 1. The molecule has 1 aliphatic heterocycles. The SMILES string of the molecule is C=CCOc1cccc([C@H]2c3c(oc4ccc(Br)cc4c3=O)C(=O)N2c2cc(C)on2)c1. The number of nitrogens with zero attached hydrogens (tertiary/aromatic N) is 2. The summed E-state index contributed by atoms with van der Waals surface area (Å²) in [6.07, 6.45) is 1.64. The maximum Gasteiger partial charge on any atom is 0.296 e. The van der Waals surface area contributed by atoms with Crippen molar-refractivity contribution in [1.82, 2.24) is 5.16 Å². The smallest absolute Gasteiger partial charge is 0.296 e. The highest BCUT2D eigenvalue weighted by Crippen LogP contribution is 2.41. The van der Waals surface area contributed by atoms with Gasteiger partial charge in [0.05, 0.1) is 17.0 Å². The highest BCUT2D eigenvalue weighted by Gasteiger charge is 2.45. The van der Waals surface area contributed by atoms with Crippen LogP contribution in [0.1, 0.15) is 33.5 Å². The Bertz CT molecular complexity index is 1440. The molecular weight excluding hydrogens is 476 g/mol. The van der Waals surface area contributed by atoms with E-state index in [4.69, 9.17) is 13.7 Å². The Morgan fingerprint density at radius 3 is 2.81 bits per heavy atom. The number of aromatic nitrogens is 1. The fraction of sp³-hybridized carbons (Fsp3) is 0.125. The van der Waals surface area contributed by atoms with Gasteiger partial charge in [-0.2, -0.15) is 0 Å². The maximum absolute atomic E-state index is 13.6. The van der Waals surface area contributed by atoms with Crippen LogP contribution >= 0.6 is 15.9 Å². The van der Waals surface area contributed by atoms with Crippen molar-refractivity contribution in [1.29, 1.82) is 0 Å². The van der Waals surface area contributed by atoms with Gasteiger partial charge in [-0.15, -0.1) is 0 Å². The molecule has 0 aliphatic carbocycles. The molecule has 1 atom stereocenters. The van der Waals surface area contributed by atoms with Crippen LogP contribution in [0.4, 0.5) is 5.82 Å². The van der Waals surface area contributed by atoms with Gasteiger partial charge in [0, 0.05) is 10.5 Å². The lowest BCUT2D eigenvalue weighted by atomic mass is 9.98.